The van der Waals surface area contributed by atoms with Gasteiger partial charge in [0.1, 0.15) is 29.9 Å². The van der Waals surface area contributed by atoms with Crippen LogP contribution in [0.25, 0.3) is 0 Å². The number of amides is 1. The first-order chi connectivity index (χ1) is 19.0. The van der Waals surface area contributed by atoms with Gasteiger partial charge in [0.05, 0.1) is 5.54 Å². The fourth-order valence-corrected chi connectivity index (χ4v) is 5.39. The molecule has 7 nitrogen and oxygen atoms in total. The van der Waals surface area contributed by atoms with Crippen molar-refractivity contribution in [1.82, 2.24) is 10.2 Å². The zero-order valence-corrected chi connectivity index (χ0v) is 25.1. The number of carbonyl (C=O) groups is 1. The van der Waals surface area contributed by atoms with E-state index in [1.54, 1.807) is 6.26 Å². The number of nitrogens with zero attached hydrogens (tertiary/aromatic N) is 1. The molecule has 3 rings (SSSR count). The van der Waals surface area contributed by atoms with Crippen LogP contribution < -0.4 is 5.32 Å². The van der Waals surface area contributed by atoms with E-state index < -0.39 is 29.9 Å². The van der Waals surface area contributed by atoms with E-state index in [9.17, 15) is 20.1 Å². The van der Waals surface area contributed by atoms with E-state index in [0.717, 1.165) is 35.1 Å². The first-order valence-corrected chi connectivity index (χ1v) is 15.1. The Bertz CT molecular complexity index is 1160. The molecular weight excluding hydrogens is 524 g/mol. The molecule has 0 spiro atoms. The lowest BCUT2D eigenvalue weighted by Gasteiger charge is -2.40. The summed E-state index contributed by atoms with van der Waals surface area (Å²) in [6.07, 6.45) is 5.83. The van der Waals surface area contributed by atoms with E-state index in [1.165, 1.54) is 17.3 Å². The van der Waals surface area contributed by atoms with Crippen LogP contribution in [-0.4, -0.2) is 81.8 Å². The van der Waals surface area contributed by atoms with E-state index in [-0.39, 0.29) is 11.4 Å². The monoisotopic (exact) mass is 568 g/mol. The Balaban J connectivity index is 1.51. The summed E-state index contributed by atoms with van der Waals surface area (Å²) < 4.78 is 5.95. The molecular formula is C32H44N2O5S. The number of benzene rings is 2. The minimum atomic E-state index is -1.27. The van der Waals surface area contributed by atoms with Crippen LogP contribution in [0.3, 0.4) is 0 Å². The molecule has 1 fully saturated rings. The third kappa shape index (κ3) is 8.32. The van der Waals surface area contributed by atoms with Crippen molar-refractivity contribution < 1.29 is 24.9 Å². The lowest BCUT2D eigenvalue weighted by molar-refractivity contribution is -0.200. The Morgan fingerprint density at radius 2 is 1.77 bits per heavy atom. The number of aliphatic hydroxyl groups excluding tert-OH is 3. The van der Waals surface area contributed by atoms with Gasteiger partial charge >= 0.3 is 0 Å². The molecule has 5 atom stereocenters. The number of rotatable bonds is 12. The Labute approximate surface area is 243 Å². The van der Waals surface area contributed by atoms with Gasteiger partial charge in [-0.1, -0.05) is 48.4 Å². The average molecular weight is 569 g/mol. The van der Waals surface area contributed by atoms with Crippen molar-refractivity contribution >= 4 is 17.7 Å². The number of thioether (sulfide) groups is 1. The SMILES string of the molecule is C#CC(C)(C)N(C)CCNC(=O)CCCc1ccc(Cc2cc([C@@H]3O[C@H](SC)[C@@H](O)[C@H](O)[C@H]3O)ccc2C)cc1. The van der Waals surface area contributed by atoms with Gasteiger partial charge in [-0.05, 0) is 81.2 Å². The molecule has 1 saturated heterocycles. The Morgan fingerprint density at radius 3 is 2.42 bits per heavy atom. The molecule has 1 heterocycles. The fraction of sp³-hybridized carbons (Fsp3) is 0.531. The highest BCUT2D eigenvalue weighted by molar-refractivity contribution is 7.99. The van der Waals surface area contributed by atoms with Crippen LogP contribution in [-0.2, 0) is 22.4 Å². The van der Waals surface area contributed by atoms with E-state index >= 15 is 0 Å². The Hall–Kier alpha value is -2.38. The standard InChI is InChI=1S/C32H44N2O5S/c1-7-32(3,4)34(5)18-17-33-26(35)10-8-9-22-12-14-23(15-13-22)19-25-20-24(16-11-21(25)2)30-28(37)27(36)29(38)31(39-30)40-6/h1,11-16,20,27-31,36-38H,8-10,17-19H2,2-6H3,(H,33,35)/t27-,28-,29+,30+,31-/m1/s1. The lowest BCUT2D eigenvalue weighted by Crippen LogP contribution is -2.52. The molecule has 0 radical (unpaired) electrons. The van der Waals surface area contributed by atoms with Crippen molar-refractivity contribution in [2.75, 3.05) is 26.4 Å². The van der Waals surface area contributed by atoms with Gasteiger partial charge in [-0.15, -0.1) is 18.2 Å². The molecule has 4 N–H and O–H groups in total. The molecule has 2 aromatic carbocycles. The molecule has 0 unspecified atom stereocenters. The molecule has 1 aliphatic rings. The quantitative estimate of drug-likeness (QED) is 0.292. The predicted molar refractivity (Wildman–Crippen MR) is 161 cm³/mol. The molecule has 0 aromatic heterocycles. The highest BCUT2D eigenvalue weighted by Crippen LogP contribution is 2.36. The molecule has 1 aliphatic heterocycles. The number of nitrogens with one attached hydrogen (secondary N) is 1. The van der Waals surface area contributed by atoms with E-state index in [2.05, 4.69) is 40.4 Å². The van der Waals surface area contributed by atoms with Crippen LogP contribution in [0.2, 0.25) is 0 Å². The summed E-state index contributed by atoms with van der Waals surface area (Å²) in [6, 6.07) is 14.4. The van der Waals surface area contributed by atoms with Crippen LogP contribution in [0.4, 0.5) is 0 Å². The number of likely N-dealkylation sites (N-methyl/N-ethyl adjacent to an activating group) is 1. The van der Waals surface area contributed by atoms with Gasteiger partial charge in [0, 0.05) is 19.5 Å². The zero-order valence-electron chi connectivity index (χ0n) is 24.3. The number of hydrogen-bond acceptors (Lipinski definition) is 7. The molecule has 0 aliphatic carbocycles. The summed E-state index contributed by atoms with van der Waals surface area (Å²) in [7, 11) is 1.96. The first-order valence-electron chi connectivity index (χ1n) is 13.8. The van der Waals surface area contributed by atoms with Gasteiger partial charge in [-0.2, -0.15) is 0 Å². The van der Waals surface area contributed by atoms with Crippen molar-refractivity contribution in [2.45, 2.75) is 81.8 Å². The summed E-state index contributed by atoms with van der Waals surface area (Å²) >= 11 is 1.31. The minimum Gasteiger partial charge on any atom is -0.387 e. The number of ether oxygens (including phenoxy) is 1. The van der Waals surface area contributed by atoms with Gasteiger partial charge < -0.3 is 25.4 Å². The second-order valence-corrected chi connectivity index (χ2v) is 12.1. The zero-order chi connectivity index (χ0) is 29.4. The summed E-state index contributed by atoms with van der Waals surface area (Å²) in [5, 5.41) is 34.1. The molecule has 8 heteroatoms. The molecule has 218 valence electrons. The lowest BCUT2D eigenvalue weighted by atomic mass is 9.91. The Kier molecular flexibility index (Phi) is 11.6. The van der Waals surface area contributed by atoms with Crippen molar-refractivity contribution in [1.29, 1.82) is 0 Å². The molecule has 2 aromatic rings. The van der Waals surface area contributed by atoms with Crippen molar-refractivity contribution in [3.63, 3.8) is 0 Å². The second kappa shape index (κ2) is 14.5. The highest BCUT2D eigenvalue weighted by Gasteiger charge is 2.44. The smallest absolute Gasteiger partial charge is 0.220 e. The topological polar surface area (TPSA) is 102 Å². The maximum absolute atomic E-state index is 12.2. The van der Waals surface area contributed by atoms with Gasteiger partial charge in [-0.25, -0.2) is 0 Å². The van der Waals surface area contributed by atoms with Crippen LogP contribution in [0.1, 0.15) is 60.6 Å². The van der Waals surface area contributed by atoms with Gasteiger partial charge in [0.15, 0.2) is 0 Å². The summed E-state index contributed by atoms with van der Waals surface area (Å²) in [6.45, 7) is 7.28. The summed E-state index contributed by atoms with van der Waals surface area (Å²) in [4.78, 5) is 14.3. The number of hydrogen-bond donors (Lipinski definition) is 4. The van der Waals surface area contributed by atoms with E-state index in [0.29, 0.717) is 25.9 Å². The fourth-order valence-electron chi connectivity index (χ4n) is 4.72. The van der Waals surface area contributed by atoms with Gasteiger partial charge in [0.2, 0.25) is 5.91 Å². The minimum absolute atomic E-state index is 0.0526. The average Bonchev–Trinajstić information content (AvgIpc) is 2.94. The second-order valence-electron chi connectivity index (χ2n) is 11.1. The van der Waals surface area contributed by atoms with Crippen LogP contribution in [0.5, 0.6) is 0 Å². The molecule has 0 bridgehead atoms. The highest BCUT2D eigenvalue weighted by atomic mass is 32.2. The van der Waals surface area contributed by atoms with Gasteiger partial charge in [0.25, 0.3) is 0 Å². The van der Waals surface area contributed by atoms with Crippen molar-refractivity contribution in [3.05, 3.63) is 70.3 Å². The predicted octanol–water partition coefficient (Wildman–Crippen LogP) is 3.21. The van der Waals surface area contributed by atoms with E-state index in [1.807, 2.05) is 46.0 Å². The Morgan fingerprint density at radius 1 is 1.10 bits per heavy atom. The van der Waals surface area contributed by atoms with Crippen molar-refractivity contribution in [3.8, 4) is 12.3 Å². The number of aryl methyl sites for hydroxylation is 2. The largest absolute Gasteiger partial charge is 0.387 e. The van der Waals surface area contributed by atoms with E-state index in [4.69, 9.17) is 11.2 Å². The number of terminal acetylenes is 1. The van der Waals surface area contributed by atoms with Gasteiger partial charge in [-0.3, -0.25) is 9.69 Å². The third-order valence-corrected chi connectivity index (χ3v) is 8.72. The van der Waals surface area contributed by atoms with Crippen molar-refractivity contribution in [2.24, 2.45) is 0 Å². The van der Waals surface area contributed by atoms with Crippen LogP contribution in [0, 0.1) is 19.3 Å². The maximum Gasteiger partial charge on any atom is 0.220 e. The maximum atomic E-state index is 12.2. The summed E-state index contributed by atoms with van der Waals surface area (Å²) in [5.74, 6) is 2.81. The molecule has 0 saturated carbocycles. The van der Waals surface area contributed by atoms with Crippen LogP contribution in [0.15, 0.2) is 42.5 Å². The molecule has 1 amide bonds. The third-order valence-electron chi connectivity index (χ3n) is 7.87. The number of carbonyl (C=O) groups excluding carboxylic acids is 1. The normalized spacial score (nSPS) is 23.1. The summed E-state index contributed by atoms with van der Waals surface area (Å²) in [5.41, 5.74) is 4.40. The first kappa shape index (κ1) is 32.1. The molecule has 40 heavy (non-hydrogen) atoms. The van der Waals surface area contributed by atoms with Crippen LogP contribution >= 0.6 is 11.8 Å². The number of aliphatic hydroxyl groups is 3.